The number of carbonyl (C=O) groups excluding carboxylic acids is 1. The predicted octanol–water partition coefficient (Wildman–Crippen LogP) is 8.18. The number of anilines is 1. The summed E-state index contributed by atoms with van der Waals surface area (Å²) in [6, 6.07) is 23.8. The number of rotatable bonds is 8. The van der Waals surface area contributed by atoms with E-state index in [9.17, 15) is 9.59 Å². The summed E-state index contributed by atoms with van der Waals surface area (Å²) in [5.74, 6) is 0.205. The van der Waals surface area contributed by atoms with Crippen molar-refractivity contribution in [3.05, 3.63) is 112 Å². The van der Waals surface area contributed by atoms with E-state index in [2.05, 4.69) is 26.1 Å². The van der Waals surface area contributed by atoms with Gasteiger partial charge in [0, 0.05) is 16.8 Å². The molecule has 3 aromatic carbocycles. The number of carboxylic acid groups (broad SMARTS) is 1. The lowest BCUT2D eigenvalue weighted by Gasteiger charge is -2.33. The second kappa shape index (κ2) is 12.1. The molecule has 41 heavy (non-hydrogen) atoms. The topological polar surface area (TPSA) is 88.0 Å². The first-order valence-electron chi connectivity index (χ1n) is 13.8. The van der Waals surface area contributed by atoms with E-state index in [0.29, 0.717) is 23.8 Å². The fraction of sp³-hybridized carbons (Fsp3) is 0.265. The second-order valence-corrected chi connectivity index (χ2v) is 12.5. The van der Waals surface area contributed by atoms with Crippen molar-refractivity contribution in [2.45, 2.75) is 46.6 Å². The van der Waals surface area contributed by atoms with Crippen LogP contribution in [0.4, 0.5) is 10.7 Å². The van der Waals surface area contributed by atoms with Crippen molar-refractivity contribution in [2.75, 3.05) is 5.32 Å². The molecular formula is C34H34N2O4S. The summed E-state index contributed by atoms with van der Waals surface area (Å²) in [7, 11) is 0. The van der Waals surface area contributed by atoms with E-state index >= 15 is 0 Å². The van der Waals surface area contributed by atoms with Crippen molar-refractivity contribution in [3.63, 3.8) is 0 Å². The van der Waals surface area contributed by atoms with Crippen LogP contribution < -0.4 is 10.1 Å². The number of aliphatic imine (C=N–C) groups is 1. The third kappa shape index (κ3) is 6.92. The SMILES string of the molecule is CC(C)(C)[C@@H]1CCc2c(sc(N=Cc3ccc(OCc4ccc(C(=O)O)cc4)cc3)c2C(=O)Nc2ccccc2)C1. The molecule has 1 aromatic heterocycles. The van der Waals surface area contributed by atoms with Gasteiger partial charge >= 0.3 is 5.97 Å². The normalized spacial score (nSPS) is 15.0. The lowest BCUT2D eigenvalue weighted by atomic mass is 9.72. The van der Waals surface area contributed by atoms with Gasteiger partial charge < -0.3 is 15.2 Å². The van der Waals surface area contributed by atoms with Crippen LogP contribution in [-0.4, -0.2) is 23.2 Å². The van der Waals surface area contributed by atoms with Gasteiger partial charge in [-0.3, -0.25) is 4.79 Å². The summed E-state index contributed by atoms with van der Waals surface area (Å²) in [6.07, 6.45) is 4.71. The standard InChI is InChI=1S/C34H34N2O4S/c1-34(2,3)25-15-18-28-29(19-25)41-32(30(28)31(37)36-26-7-5-4-6-8-26)35-20-22-11-16-27(17-12-22)40-21-23-9-13-24(14-10-23)33(38)39/h4-14,16-17,20,25H,15,18-19,21H2,1-3H3,(H,36,37)(H,38,39)/t25-/m1/s1. The molecule has 1 amide bonds. The molecule has 6 nitrogen and oxygen atoms in total. The molecule has 1 aliphatic rings. The van der Waals surface area contributed by atoms with E-state index in [1.807, 2.05) is 54.6 Å². The van der Waals surface area contributed by atoms with Gasteiger partial charge in [-0.2, -0.15) is 0 Å². The zero-order valence-electron chi connectivity index (χ0n) is 23.5. The molecule has 0 saturated heterocycles. The van der Waals surface area contributed by atoms with Gasteiger partial charge in [-0.25, -0.2) is 9.79 Å². The summed E-state index contributed by atoms with van der Waals surface area (Å²) in [4.78, 5) is 30.6. The molecule has 2 N–H and O–H groups in total. The number of nitrogens with one attached hydrogen (secondary N) is 1. The molecule has 0 unspecified atom stereocenters. The molecule has 0 fully saturated rings. The molecule has 0 spiro atoms. The largest absolute Gasteiger partial charge is 0.489 e. The fourth-order valence-corrected chi connectivity index (χ4v) is 6.31. The molecule has 210 valence electrons. The number of carboxylic acids is 1. The monoisotopic (exact) mass is 566 g/mol. The number of fused-ring (bicyclic) bond motifs is 1. The number of hydrogen-bond donors (Lipinski definition) is 2. The van der Waals surface area contributed by atoms with Gasteiger partial charge in [-0.1, -0.05) is 51.1 Å². The fourth-order valence-electron chi connectivity index (χ4n) is 5.04. The van der Waals surface area contributed by atoms with Crippen LogP contribution in [0.3, 0.4) is 0 Å². The second-order valence-electron chi connectivity index (χ2n) is 11.4. The van der Waals surface area contributed by atoms with E-state index < -0.39 is 5.97 Å². The molecule has 4 aromatic rings. The Bertz CT molecular complexity index is 1550. The van der Waals surface area contributed by atoms with E-state index in [1.54, 1.807) is 41.8 Å². The molecule has 0 radical (unpaired) electrons. The number of hydrogen-bond acceptors (Lipinski definition) is 5. The molecular weight excluding hydrogens is 532 g/mol. The number of thiophene rings is 1. The highest BCUT2D eigenvalue weighted by Gasteiger charge is 2.33. The Balaban J connectivity index is 1.33. The Hall–Kier alpha value is -4.23. The Morgan fingerprint density at radius 2 is 1.73 bits per heavy atom. The van der Waals surface area contributed by atoms with E-state index in [0.717, 1.165) is 46.6 Å². The van der Waals surface area contributed by atoms with Crippen molar-refractivity contribution in [1.82, 2.24) is 0 Å². The van der Waals surface area contributed by atoms with Crippen molar-refractivity contribution in [2.24, 2.45) is 16.3 Å². The maximum Gasteiger partial charge on any atom is 0.335 e. The van der Waals surface area contributed by atoms with E-state index in [1.165, 1.54) is 4.88 Å². The highest BCUT2D eigenvalue weighted by Crippen LogP contribution is 2.45. The van der Waals surface area contributed by atoms with E-state index in [-0.39, 0.29) is 16.9 Å². The summed E-state index contributed by atoms with van der Waals surface area (Å²) < 4.78 is 5.87. The molecule has 7 heteroatoms. The maximum absolute atomic E-state index is 13.5. The number of carbonyl (C=O) groups is 2. The third-order valence-electron chi connectivity index (χ3n) is 7.55. The number of para-hydroxylation sites is 1. The first kappa shape index (κ1) is 28.3. The van der Waals surface area contributed by atoms with Gasteiger partial charge in [-0.15, -0.1) is 11.3 Å². The Labute approximate surface area is 244 Å². The van der Waals surface area contributed by atoms with Crippen LogP contribution in [0.1, 0.15) is 69.5 Å². The summed E-state index contributed by atoms with van der Waals surface area (Å²) >= 11 is 1.63. The molecule has 0 saturated carbocycles. The van der Waals surface area contributed by atoms with Gasteiger partial charge in [0.05, 0.1) is 11.1 Å². The Morgan fingerprint density at radius 3 is 2.39 bits per heavy atom. The van der Waals surface area contributed by atoms with Gasteiger partial charge in [0.1, 0.15) is 17.4 Å². The zero-order chi connectivity index (χ0) is 29.0. The molecule has 5 rings (SSSR count). The number of ether oxygens (including phenoxy) is 1. The molecule has 1 aliphatic carbocycles. The highest BCUT2D eigenvalue weighted by molar-refractivity contribution is 7.16. The van der Waals surface area contributed by atoms with Crippen LogP contribution in [0.5, 0.6) is 5.75 Å². The quantitative estimate of drug-likeness (QED) is 0.211. The number of benzene rings is 3. The van der Waals surface area contributed by atoms with Crippen molar-refractivity contribution >= 4 is 40.1 Å². The van der Waals surface area contributed by atoms with Crippen LogP contribution in [0.25, 0.3) is 0 Å². The number of aromatic carboxylic acids is 1. The Morgan fingerprint density at radius 1 is 1.02 bits per heavy atom. The Kier molecular flexibility index (Phi) is 8.36. The van der Waals surface area contributed by atoms with Gasteiger partial charge in [-0.05, 0) is 95.8 Å². The number of amides is 1. The average molecular weight is 567 g/mol. The van der Waals surface area contributed by atoms with Crippen LogP contribution in [0.2, 0.25) is 0 Å². The minimum absolute atomic E-state index is 0.116. The van der Waals surface area contributed by atoms with E-state index in [4.69, 9.17) is 14.8 Å². The van der Waals surface area contributed by atoms with Crippen LogP contribution >= 0.6 is 11.3 Å². The summed E-state index contributed by atoms with van der Waals surface area (Å²) in [6.45, 7) is 7.21. The van der Waals surface area contributed by atoms with Crippen molar-refractivity contribution < 1.29 is 19.4 Å². The van der Waals surface area contributed by atoms with Gasteiger partial charge in [0.2, 0.25) is 0 Å². The highest BCUT2D eigenvalue weighted by atomic mass is 32.1. The molecule has 1 atom stereocenters. The van der Waals surface area contributed by atoms with Crippen LogP contribution in [-0.2, 0) is 19.4 Å². The smallest absolute Gasteiger partial charge is 0.335 e. The van der Waals surface area contributed by atoms with Crippen LogP contribution in [0, 0.1) is 11.3 Å². The lowest BCUT2D eigenvalue weighted by molar-refractivity contribution is 0.0696. The van der Waals surface area contributed by atoms with Crippen molar-refractivity contribution in [1.29, 1.82) is 0 Å². The van der Waals surface area contributed by atoms with Gasteiger partial charge in [0.25, 0.3) is 5.91 Å². The molecule has 0 bridgehead atoms. The zero-order valence-corrected chi connectivity index (χ0v) is 24.3. The minimum atomic E-state index is -0.949. The third-order valence-corrected chi connectivity index (χ3v) is 8.71. The number of nitrogens with zero attached hydrogens (tertiary/aromatic N) is 1. The van der Waals surface area contributed by atoms with Gasteiger partial charge in [0.15, 0.2) is 0 Å². The maximum atomic E-state index is 13.5. The average Bonchev–Trinajstić information content (AvgIpc) is 3.34. The predicted molar refractivity (Wildman–Crippen MR) is 165 cm³/mol. The first-order chi connectivity index (χ1) is 19.7. The summed E-state index contributed by atoms with van der Waals surface area (Å²) in [5, 5.41) is 12.9. The first-order valence-corrected chi connectivity index (χ1v) is 14.6. The molecule has 1 heterocycles. The van der Waals surface area contributed by atoms with Crippen LogP contribution in [0.15, 0.2) is 83.9 Å². The minimum Gasteiger partial charge on any atom is -0.489 e. The lowest BCUT2D eigenvalue weighted by Crippen LogP contribution is -2.27. The summed E-state index contributed by atoms with van der Waals surface area (Å²) in [5.41, 5.74) is 4.84. The molecule has 0 aliphatic heterocycles. The van der Waals surface area contributed by atoms with Crippen molar-refractivity contribution in [3.8, 4) is 5.75 Å².